The van der Waals surface area contributed by atoms with Crippen LogP contribution < -0.4 is 0 Å². The standard InChI is InChI=1S/C7H14O3.C6H14O2/c1-2-3-4-5-6-10-7(8)9;1-5(2)7-8-6(3)4/h2-6H2,1H3,(H,8,9);5-6H,1-4H3. The number of hydrogen-bond acceptors (Lipinski definition) is 4. The summed E-state index contributed by atoms with van der Waals surface area (Å²) in [4.78, 5) is 19.4. The maximum atomic E-state index is 9.81. The molecular formula is C13H28O5. The maximum absolute atomic E-state index is 9.81. The smallest absolute Gasteiger partial charge is 0.450 e. The molecule has 0 aromatic carbocycles. The largest absolute Gasteiger partial charge is 0.505 e. The Bertz CT molecular complexity index is 172. The van der Waals surface area contributed by atoms with E-state index in [0.717, 1.165) is 25.7 Å². The van der Waals surface area contributed by atoms with E-state index in [9.17, 15) is 4.79 Å². The van der Waals surface area contributed by atoms with Gasteiger partial charge >= 0.3 is 6.16 Å². The summed E-state index contributed by atoms with van der Waals surface area (Å²) in [6.45, 7) is 10.2. The number of carbonyl (C=O) groups is 1. The Balaban J connectivity index is 0. The zero-order chi connectivity index (χ0) is 14.4. The van der Waals surface area contributed by atoms with Crippen molar-refractivity contribution in [2.75, 3.05) is 6.61 Å². The van der Waals surface area contributed by atoms with Gasteiger partial charge in [0, 0.05) is 0 Å². The van der Waals surface area contributed by atoms with E-state index in [1.54, 1.807) is 0 Å². The highest BCUT2D eigenvalue weighted by Crippen LogP contribution is 1.98. The van der Waals surface area contributed by atoms with E-state index >= 15 is 0 Å². The summed E-state index contributed by atoms with van der Waals surface area (Å²) in [5, 5.41) is 8.05. The minimum Gasteiger partial charge on any atom is -0.450 e. The van der Waals surface area contributed by atoms with E-state index in [1.165, 1.54) is 0 Å². The molecule has 0 aromatic heterocycles. The lowest BCUT2D eigenvalue weighted by Crippen LogP contribution is -2.08. The van der Waals surface area contributed by atoms with Crippen LogP contribution in [0.1, 0.15) is 60.3 Å². The van der Waals surface area contributed by atoms with E-state index in [1.807, 2.05) is 27.7 Å². The topological polar surface area (TPSA) is 65.0 Å². The summed E-state index contributed by atoms with van der Waals surface area (Å²) >= 11 is 0. The third-order valence-corrected chi connectivity index (χ3v) is 1.66. The predicted molar refractivity (Wildman–Crippen MR) is 70.6 cm³/mol. The molecule has 0 saturated heterocycles. The van der Waals surface area contributed by atoms with Crippen LogP contribution in [0.5, 0.6) is 0 Å². The Kier molecular flexibility index (Phi) is 15.5. The fraction of sp³-hybridized carbons (Fsp3) is 0.923. The lowest BCUT2D eigenvalue weighted by Gasteiger charge is -2.08. The van der Waals surface area contributed by atoms with Crippen molar-refractivity contribution in [3.05, 3.63) is 0 Å². The molecule has 0 bridgehead atoms. The molecule has 0 atom stereocenters. The second-order valence-electron chi connectivity index (χ2n) is 4.46. The normalized spacial score (nSPS) is 10.2. The average molecular weight is 264 g/mol. The third-order valence-electron chi connectivity index (χ3n) is 1.66. The van der Waals surface area contributed by atoms with E-state index in [0.29, 0.717) is 6.61 Å². The molecule has 0 aromatic rings. The van der Waals surface area contributed by atoms with E-state index in [2.05, 4.69) is 11.7 Å². The summed E-state index contributed by atoms with van der Waals surface area (Å²) in [5.74, 6) is 0. The molecule has 0 aliphatic rings. The van der Waals surface area contributed by atoms with Gasteiger partial charge in [0.1, 0.15) is 0 Å². The van der Waals surface area contributed by atoms with Crippen molar-refractivity contribution in [2.45, 2.75) is 72.5 Å². The van der Waals surface area contributed by atoms with Gasteiger partial charge in [0.15, 0.2) is 0 Å². The van der Waals surface area contributed by atoms with Gasteiger partial charge in [-0.15, -0.1) is 0 Å². The highest BCUT2D eigenvalue weighted by atomic mass is 17.2. The first-order valence-corrected chi connectivity index (χ1v) is 6.58. The minimum atomic E-state index is -1.17. The molecule has 0 aliphatic heterocycles. The fourth-order valence-corrected chi connectivity index (χ4v) is 0.911. The summed E-state index contributed by atoms with van der Waals surface area (Å²) < 4.78 is 4.31. The molecule has 0 rings (SSSR count). The first-order chi connectivity index (χ1) is 8.40. The number of unbranched alkanes of at least 4 members (excludes halogenated alkanes) is 3. The van der Waals surface area contributed by atoms with Gasteiger partial charge in [0.25, 0.3) is 0 Å². The summed E-state index contributed by atoms with van der Waals surface area (Å²) in [5.41, 5.74) is 0. The van der Waals surface area contributed by atoms with Crippen LogP contribution >= 0.6 is 0 Å². The zero-order valence-electron chi connectivity index (χ0n) is 12.3. The Labute approximate surface area is 110 Å². The highest BCUT2D eigenvalue weighted by Gasteiger charge is 1.95. The summed E-state index contributed by atoms with van der Waals surface area (Å²) in [7, 11) is 0. The van der Waals surface area contributed by atoms with Gasteiger partial charge < -0.3 is 9.84 Å². The van der Waals surface area contributed by atoms with Gasteiger partial charge in [-0.1, -0.05) is 26.2 Å². The van der Waals surface area contributed by atoms with Crippen LogP contribution in [-0.4, -0.2) is 30.1 Å². The molecule has 0 spiro atoms. The Morgan fingerprint density at radius 3 is 1.83 bits per heavy atom. The van der Waals surface area contributed by atoms with Crippen LogP contribution in [-0.2, 0) is 14.5 Å². The van der Waals surface area contributed by atoms with Crippen molar-refractivity contribution in [1.82, 2.24) is 0 Å². The van der Waals surface area contributed by atoms with Crippen molar-refractivity contribution >= 4 is 6.16 Å². The summed E-state index contributed by atoms with van der Waals surface area (Å²) in [6, 6.07) is 0. The fourth-order valence-electron chi connectivity index (χ4n) is 0.911. The van der Waals surface area contributed by atoms with Crippen LogP contribution in [0.3, 0.4) is 0 Å². The Morgan fingerprint density at radius 1 is 1.00 bits per heavy atom. The molecule has 0 unspecified atom stereocenters. The first kappa shape index (κ1) is 19.5. The van der Waals surface area contributed by atoms with Gasteiger partial charge in [-0.2, -0.15) is 0 Å². The SMILES string of the molecule is CC(C)OOC(C)C.CCCCCCOC(=O)O. The lowest BCUT2D eigenvalue weighted by molar-refractivity contribution is -0.337. The van der Waals surface area contributed by atoms with E-state index in [4.69, 9.17) is 14.9 Å². The maximum Gasteiger partial charge on any atom is 0.505 e. The zero-order valence-corrected chi connectivity index (χ0v) is 12.3. The second kappa shape index (κ2) is 14.3. The van der Waals surface area contributed by atoms with E-state index in [-0.39, 0.29) is 12.2 Å². The van der Waals surface area contributed by atoms with Crippen LogP contribution in [0.4, 0.5) is 4.79 Å². The van der Waals surface area contributed by atoms with Crippen LogP contribution in [0.15, 0.2) is 0 Å². The van der Waals surface area contributed by atoms with Gasteiger partial charge in [0.2, 0.25) is 0 Å². The van der Waals surface area contributed by atoms with Crippen LogP contribution in [0.2, 0.25) is 0 Å². The number of ether oxygens (including phenoxy) is 1. The molecule has 0 saturated carbocycles. The molecule has 1 N–H and O–H groups in total. The third kappa shape index (κ3) is 24.4. The Hall–Kier alpha value is -0.810. The summed E-state index contributed by atoms with van der Waals surface area (Å²) in [6.07, 6.45) is 3.38. The van der Waals surface area contributed by atoms with Crippen LogP contribution in [0, 0.1) is 0 Å². The number of carboxylic acid groups (broad SMARTS) is 1. The van der Waals surface area contributed by atoms with E-state index < -0.39 is 6.16 Å². The monoisotopic (exact) mass is 264 g/mol. The molecule has 110 valence electrons. The average Bonchev–Trinajstić information content (AvgIpc) is 2.26. The lowest BCUT2D eigenvalue weighted by atomic mass is 10.2. The Morgan fingerprint density at radius 2 is 1.50 bits per heavy atom. The quantitative estimate of drug-likeness (QED) is 0.310. The van der Waals surface area contributed by atoms with Crippen molar-refractivity contribution in [3.63, 3.8) is 0 Å². The second-order valence-corrected chi connectivity index (χ2v) is 4.46. The molecule has 5 nitrogen and oxygen atoms in total. The van der Waals surface area contributed by atoms with Gasteiger partial charge in [0.05, 0.1) is 18.8 Å². The number of rotatable bonds is 8. The predicted octanol–water partition coefficient (Wildman–Crippen LogP) is 4.01. The molecule has 0 radical (unpaired) electrons. The first-order valence-electron chi connectivity index (χ1n) is 6.58. The minimum absolute atomic E-state index is 0.164. The van der Waals surface area contributed by atoms with Crippen LogP contribution in [0.25, 0.3) is 0 Å². The molecule has 0 aliphatic carbocycles. The van der Waals surface area contributed by atoms with Crippen molar-refractivity contribution < 1.29 is 24.4 Å². The van der Waals surface area contributed by atoms with Crippen molar-refractivity contribution in [1.29, 1.82) is 0 Å². The van der Waals surface area contributed by atoms with Crippen molar-refractivity contribution in [2.24, 2.45) is 0 Å². The molecule has 18 heavy (non-hydrogen) atoms. The highest BCUT2D eigenvalue weighted by molar-refractivity contribution is 5.56. The molecular weight excluding hydrogens is 236 g/mol. The molecule has 5 heteroatoms. The molecule has 0 fully saturated rings. The van der Waals surface area contributed by atoms with Gasteiger partial charge in [-0.25, -0.2) is 14.6 Å². The van der Waals surface area contributed by atoms with Gasteiger partial charge in [-0.05, 0) is 34.1 Å². The molecule has 0 amide bonds. The molecule has 0 heterocycles. The van der Waals surface area contributed by atoms with Crippen molar-refractivity contribution in [3.8, 4) is 0 Å². The van der Waals surface area contributed by atoms with Gasteiger partial charge in [-0.3, -0.25) is 0 Å². The number of hydrogen-bond donors (Lipinski definition) is 1.